The molecule has 0 aliphatic heterocycles. The highest BCUT2D eigenvalue weighted by atomic mass is 16.4. The Bertz CT molecular complexity index is 367. The van der Waals surface area contributed by atoms with E-state index in [-0.39, 0.29) is 12.2 Å². The molecule has 0 amide bonds. The molecule has 0 aromatic carbocycles. The van der Waals surface area contributed by atoms with Crippen molar-refractivity contribution in [2.75, 3.05) is 19.7 Å². The van der Waals surface area contributed by atoms with E-state index in [1.54, 1.807) is 13.0 Å². The molecular weight excluding hydrogens is 222 g/mol. The summed E-state index contributed by atoms with van der Waals surface area (Å²) in [6.07, 6.45) is 0.978. The highest BCUT2D eigenvalue weighted by molar-refractivity contribution is 5.88. The van der Waals surface area contributed by atoms with Crippen molar-refractivity contribution in [1.82, 2.24) is 4.90 Å². The molecule has 0 radical (unpaired) electrons. The van der Waals surface area contributed by atoms with Gasteiger partial charge in [0.2, 0.25) is 0 Å². The molecule has 0 atom stereocenters. The molecule has 5 heteroatoms. The van der Waals surface area contributed by atoms with E-state index < -0.39 is 5.97 Å². The van der Waals surface area contributed by atoms with E-state index >= 15 is 0 Å². The van der Waals surface area contributed by atoms with Crippen LogP contribution in [0.25, 0.3) is 0 Å². The summed E-state index contributed by atoms with van der Waals surface area (Å²) in [7, 11) is 0. The molecule has 0 saturated carbocycles. The first-order valence-electron chi connectivity index (χ1n) is 5.74. The smallest absolute Gasteiger partial charge is 0.339 e. The van der Waals surface area contributed by atoms with Gasteiger partial charge in [-0.1, -0.05) is 6.92 Å². The third-order valence-electron chi connectivity index (χ3n) is 2.53. The fourth-order valence-corrected chi connectivity index (χ4v) is 1.78. The average Bonchev–Trinajstić information content (AvgIpc) is 2.60. The van der Waals surface area contributed by atoms with Gasteiger partial charge in [0.05, 0.1) is 13.2 Å². The SMILES string of the molecule is CCCN(CCO)Cc1cc(C(=O)O)c(C)o1. The van der Waals surface area contributed by atoms with Gasteiger partial charge in [-0.25, -0.2) is 4.79 Å². The van der Waals surface area contributed by atoms with E-state index in [0.29, 0.717) is 24.6 Å². The Hall–Kier alpha value is -1.33. The van der Waals surface area contributed by atoms with Crippen LogP contribution >= 0.6 is 0 Å². The number of hydrogen-bond donors (Lipinski definition) is 2. The molecule has 96 valence electrons. The van der Waals surface area contributed by atoms with Crippen molar-refractivity contribution in [3.8, 4) is 0 Å². The second-order valence-corrected chi connectivity index (χ2v) is 3.99. The minimum atomic E-state index is -0.971. The third kappa shape index (κ3) is 3.87. The first-order chi connectivity index (χ1) is 8.08. The first-order valence-corrected chi connectivity index (χ1v) is 5.74. The molecule has 1 heterocycles. The molecule has 1 aromatic rings. The Kier molecular flexibility index (Phi) is 5.18. The van der Waals surface area contributed by atoms with Crippen LogP contribution in [0.3, 0.4) is 0 Å². The molecular formula is C12H19NO4. The molecule has 0 spiro atoms. The Morgan fingerprint density at radius 1 is 1.47 bits per heavy atom. The lowest BCUT2D eigenvalue weighted by Gasteiger charge is -2.18. The molecule has 5 nitrogen and oxygen atoms in total. The van der Waals surface area contributed by atoms with Crippen LogP contribution in [0.4, 0.5) is 0 Å². The van der Waals surface area contributed by atoms with Crippen LogP contribution in [0.15, 0.2) is 10.5 Å². The summed E-state index contributed by atoms with van der Waals surface area (Å²) < 4.78 is 5.39. The van der Waals surface area contributed by atoms with Crippen LogP contribution in [0, 0.1) is 6.92 Å². The number of carboxylic acids is 1. The minimum absolute atomic E-state index is 0.0888. The Morgan fingerprint density at radius 3 is 2.65 bits per heavy atom. The molecule has 2 N–H and O–H groups in total. The number of hydrogen-bond acceptors (Lipinski definition) is 4. The van der Waals surface area contributed by atoms with Crippen molar-refractivity contribution in [2.45, 2.75) is 26.8 Å². The van der Waals surface area contributed by atoms with Crippen molar-refractivity contribution < 1.29 is 19.4 Å². The van der Waals surface area contributed by atoms with E-state index in [9.17, 15) is 4.79 Å². The lowest BCUT2D eigenvalue weighted by molar-refractivity contribution is 0.0695. The Labute approximate surface area is 101 Å². The Morgan fingerprint density at radius 2 is 2.18 bits per heavy atom. The fourth-order valence-electron chi connectivity index (χ4n) is 1.78. The minimum Gasteiger partial charge on any atom is -0.478 e. The van der Waals surface area contributed by atoms with Crippen LogP contribution in [0.5, 0.6) is 0 Å². The van der Waals surface area contributed by atoms with Crippen molar-refractivity contribution in [2.24, 2.45) is 0 Å². The van der Waals surface area contributed by atoms with Crippen molar-refractivity contribution in [3.63, 3.8) is 0 Å². The molecule has 0 saturated heterocycles. The summed E-state index contributed by atoms with van der Waals surface area (Å²) in [5.41, 5.74) is 0.209. The molecule has 0 aliphatic rings. The number of aromatic carboxylic acids is 1. The molecule has 0 bridgehead atoms. The van der Waals surface area contributed by atoms with E-state index in [2.05, 4.69) is 6.92 Å². The predicted molar refractivity (Wildman–Crippen MR) is 63.1 cm³/mol. The summed E-state index contributed by atoms with van der Waals surface area (Å²) in [5, 5.41) is 17.8. The summed E-state index contributed by atoms with van der Waals surface area (Å²) in [6.45, 7) is 5.73. The standard InChI is InChI=1S/C12H19NO4/c1-3-4-13(5-6-14)8-10-7-11(12(15)16)9(2)17-10/h7,14H,3-6,8H2,1-2H3,(H,15,16). The summed E-state index contributed by atoms with van der Waals surface area (Å²) >= 11 is 0. The van der Waals surface area contributed by atoms with E-state index in [0.717, 1.165) is 13.0 Å². The zero-order chi connectivity index (χ0) is 12.8. The second-order valence-electron chi connectivity index (χ2n) is 3.99. The zero-order valence-corrected chi connectivity index (χ0v) is 10.3. The van der Waals surface area contributed by atoms with Crippen LogP contribution in [-0.2, 0) is 6.54 Å². The lowest BCUT2D eigenvalue weighted by Crippen LogP contribution is -2.27. The van der Waals surface area contributed by atoms with Gasteiger partial charge in [-0.15, -0.1) is 0 Å². The van der Waals surface area contributed by atoms with Gasteiger partial charge >= 0.3 is 5.97 Å². The quantitative estimate of drug-likeness (QED) is 0.756. The maximum absolute atomic E-state index is 10.9. The monoisotopic (exact) mass is 241 g/mol. The van der Waals surface area contributed by atoms with Gasteiger partial charge in [0.1, 0.15) is 17.1 Å². The molecule has 0 unspecified atom stereocenters. The maximum atomic E-state index is 10.9. The number of rotatable bonds is 7. The molecule has 0 aliphatic carbocycles. The van der Waals surface area contributed by atoms with Gasteiger partial charge in [0.15, 0.2) is 0 Å². The van der Waals surface area contributed by atoms with Crippen molar-refractivity contribution >= 4 is 5.97 Å². The normalized spacial score (nSPS) is 11.1. The molecule has 17 heavy (non-hydrogen) atoms. The van der Waals surface area contributed by atoms with E-state index in [1.807, 2.05) is 4.90 Å². The van der Waals surface area contributed by atoms with Crippen LogP contribution in [-0.4, -0.2) is 40.8 Å². The second kappa shape index (κ2) is 6.42. The number of carbonyl (C=O) groups is 1. The summed E-state index contributed by atoms with van der Waals surface area (Å²) in [4.78, 5) is 12.9. The molecule has 1 rings (SSSR count). The summed E-state index contributed by atoms with van der Waals surface area (Å²) in [5.74, 6) is 0.0800. The number of furan rings is 1. The van der Waals surface area contributed by atoms with Crippen LogP contribution in [0.2, 0.25) is 0 Å². The number of aliphatic hydroxyl groups is 1. The van der Waals surface area contributed by atoms with Crippen LogP contribution < -0.4 is 0 Å². The van der Waals surface area contributed by atoms with E-state index in [4.69, 9.17) is 14.6 Å². The van der Waals surface area contributed by atoms with Crippen molar-refractivity contribution in [3.05, 3.63) is 23.2 Å². The van der Waals surface area contributed by atoms with Gasteiger partial charge < -0.3 is 14.6 Å². The zero-order valence-electron chi connectivity index (χ0n) is 10.3. The predicted octanol–water partition coefficient (Wildman–Crippen LogP) is 1.49. The first kappa shape index (κ1) is 13.7. The molecule has 1 aromatic heterocycles. The van der Waals surface area contributed by atoms with Gasteiger partial charge in [-0.05, 0) is 26.0 Å². The number of carboxylic acid groups (broad SMARTS) is 1. The van der Waals surface area contributed by atoms with Gasteiger partial charge in [-0.2, -0.15) is 0 Å². The van der Waals surface area contributed by atoms with Crippen LogP contribution in [0.1, 0.15) is 35.2 Å². The van der Waals surface area contributed by atoms with Gasteiger partial charge in [0, 0.05) is 6.54 Å². The van der Waals surface area contributed by atoms with E-state index in [1.165, 1.54) is 0 Å². The average molecular weight is 241 g/mol. The topological polar surface area (TPSA) is 73.9 Å². The van der Waals surface area contributed by atoms with Gasteiger partial charge in [0.25, 0.3) is 0 Å². The number of aliphatic hydroxyl groups excluding tert-OH is 1. The van der Waals surface area contributed by atoms with Gasteiger partial charge in [-0.3, -0.25) is 4.90 Å². The highest BCUT2D eigenvalue weighted by Crippen LogP contribution is 2.16. The van der Waals surface area contributed by atoms with Crippen molar-refractivity contribution in [1.29, 1.82) is 0 Å². The highest BCUT2D eigenvalue weighted by Gasteiger charge is 2.15. The number of nitrogens with zero attached hydrogens (tertiary/aromatic N) is 1. The molecule has 0 fully saturated rings. The third-order valence-corrected chi connectivity index (χ3v) is 2.53. The largest absolute Gasteiger partial charge is 0.478 e. The fraction of sp³-hybridized carbons (Fsp3) is 0.583. The Balaban J connectivity index is 2.72. The number of aryl methyl sites for hydroxylation is 1. The maximum Gasteiger partial charge on any atom is 0.339 e. The summed E-state index contributed by atoms with van der Waals surface area (Å²) in [6, 6.07) is 1.55. The lowest BCUT2D eigenvalue weighted by atomic mass is 10.2.